The van der Waals surface area contributed by atoms with Crippen LogP contribution < -0.4 is 9.47 Å². The predicted molar refractivity (Wildman–Crippen MR) is 144 cm³/mol. The number of methoxy groups -OCH3 is 2. The topological polar surface area (TPSA) is 75.1 Å². The first kappa shape index (κ1) is 27.3. The van der Waals surface area contributed by atoms with E-state index in [2.05, 4.69) is 51.4 Å². The number of aromatic nitrogens is 1. The van der Waals surface area contributed by atoms with Gasteiger partial charge < -0.3 is 19.7 Å². The number of aromatic hydroxyl groups is 2. The van der Waals surface area contributed by atoms with E-state index in [1.54, 1.807) is 20.4 Å². The molecule has 1 heterocycles. The molecule has 36 heavy (non-hydrogen) atoms. The highest BCUT2D eigenvalue weighted by atomic mass is 16.5. The second-order valence-electron chi connectivity index (χ2n) is 11.3. The van der Waals surface area contributed by atoms with E-state index in [0.29, 0.717) is 31.1 Å². The Balaban J connectivity index is 2.08. The Morgan fingerprint density at radius 2 is 1.19 bits per heavy atom. The van der Waals surface area contributed by atoms with Crippen LogP contribution in [0.5, 0.6) is 23.0 Å². The fraction of sp³-hybridized carbons (Fsp3) is 0.433. The van der Waals surface area contributed by atoms with Crippen LogP contribution in [-0.4, -0.2) is 34.3 Å². The Kier molecular flexibility index (Phi) is 8.19. The first-order valence-electron chi connectivity index (χ1n) is 12.3. The summed E-state index contributed by atoms with van der Waals surface area (Å²) in [6.07, 6.45) is 1.77. The zero-order valence-electron chi connectivity index (χ0n) is 22.8. The molecule has 3 rings (SSSR count). The number of benzene rings is 2. The molecule has 6 nitrogen and oxygen atoms in total. The summed E-state index contributed by atoms with van der Waals surface area (Å²) in [7, 11) is 3.27. The molecule has 0 aliphatic rings. The molecule has 0 amide bonds. The Bertz CT molecular complexity index is 1100. The molecule has 1 aromatic heterocycles. The molecule has 194 valence electrons. The minimum absolute atomic E-state index is 0.258. The SMILES string of the molecule is COc1cc(CN(Cc2ccccn2)Cc2cc(OC)cc(C(C)(C)C)c2O)c(O)c(C(C)(C)C)c1. The molecular weight excluding hydrogens is 452 g/mol. The molecule has 2 N–H and O–H groups in total. The highest BCUT2D eigenvalue weighted by Crippen LogP contribution is 2.39. The van der Waals surface area contributed by atoms with Crippen molar-refractivity contribution in [3.8, 4) is 23.0 Å². The van der Waals surface area contributed by atoms with Crippen molar-refractivity contribution < 1.29 is 19.7 Å². The average molecular weight is 493 g/mol. The zero-order chi connectivity index (χ0) is 26.7. The standard InChI is InChI=1S/C30H40N2O4/c1-29(2,3)25-15-23(35-7)13-20(27(25)33)17-32(19-22-11-9-10-12-31-22)18-21-14-24(36-8)16-26(28(21)34)30(4,5)6/h9-16,33-34H,17-19H2,1-8H3. The smallest absolute Gasteiger partial charge is 0.124 e. The van der Waals surface area contributed by atoms with Crippen molar-refractivity contribution in [3.63, 3.8) is 0 Å². The van der Waals surface area contributed by atoms with Crippen LogP contribution in [0.15, 0.2) is 48.7 Å². The Morgan fingerprint density at radius 3 is 1.56 bits per heavy atom. The van der Waals surface area contributed by atoms with Crippen LogP contribution in [0.3, 0.4) is 0 Å². The number of pyridine rings is 1. The summed E-state index contributed by atoms with van der Waals surface area (Å²) in [6, 6.07) is 13.4. The molecular formula is C30H40N2O4. The first-order valence-corrected chi connectivity index (χ1v) is 12.3. The predicted octanol–water partition coefficient (Wildman–Crippen LogP) is 6.31. The Hall–Kier alpha value is -3.25. The second kappa shape index (κ2) is 10.8. The molecule has 0 spiro atoms. The summed E-state index contributed by atoms with van der Waals surface area (Å²) in [4.78, 5) is 6.67. The van der Waals surface area contributed by atoms with Gasteiger partial charge in [-0.3, -0.25) is 9.88 Å². The van der Waals surface area contributed by atoms with Crippen LogP contribution >= 0.6 is 0 Å². The van der Waals surface area contributed by atoms with E-state index < -0.39 is 0 Å². The number of phenols is 2. The van der Waals surface area contributed by atoms with Crippen LogP contribution in [0, 0.1) is 0 Å². The van der Waals surface area contributed by atoms with Gasteiger partial charge in [0.1, 0.15) is 23.0 Å². The minimum atomic E-state index is -0.258. The maximum Gasteiger partial charge on any atom is 0.124 e. The first-order chi connectivity index (χ1) is 16.8. The zero-order valence-corrected chi connectivity index (χ0v) is 22.8. The van der Waals surface area contributed by atoms with Crippen molar-refractivity contribution in [1.29, 1.82) is 0 Å². The molecule has 0 aliphatic heterocycles. The van der Waals surface area contributed by atoms with E-state index in [1.807, 2.05) is 42.5 Å². The van der Waals surface area contributed by atoms with E-state index >= 15 is 0 Å². The molecule has 0 saturated carbocycles. The van der Waals surface area contributed by atoms with Gasteiger partial charge in [0.2, 0.25) is 0 Å². The van der Waals surface area contributed by atoms with Crippen molar-refractivity contribution in [2.24, 2.45) is 0 Å². The monoisotopic (exact) mass is 492 g/mol. The number of hydrogen-bond acceptors (Lipinski definition) is 6. The molecule has 0 bridgehead atoms. The largest absolute Gasteiger partial charge is 0.507 e. The summed E-state index contributed by atoms with van der Waals surface area (Å²) in [5, 5.41) is 22.5. The van der Waals surface area contributed by atoms with Crippen LogP contribution in [0.2, 0.25) is 0 Å². The van der Waals surface area contributed by atoms with Crippen molar-refractivity contribution in [1.82, 2.24) is 9.88 Å². The lowest BCUT2D eigenvalue weighted by molar-refractivity contribution is 0.236. The number of phenolic OH excluding ortho intramolecular Hbond substituents is 2. The Morgan fingerprint density at radius 1 is 0.722 bits per heavy atom. The van der Waals surface area contributed by atoms with Crippen LogP contribution in [0.1, 0.15) is 69.5 Å². The third kappa shape index (κ3) is 6.49. The number of nitrogens with zero attached hydrogens (tertiary/aromatic N) is 2. The quantitative estimate of drug-likeness (QED) is 0.384. The number of ether oxygens (including phenoxy) is 2. The lowest BCUT2D eigenvalue weighted by atomic mass is 9.84. The molecule has 2 aromatic carbocycles. The normalized spacial score (nSPS) is 12.1. The highest BCUT2D eigenvalue weighted by molar-refractivity contribution is 5.51. The molecule has 0 unspecified atom stereocenters. The molecule has 6 heteroatoms. The molecule has 0 aliphatic carbocycles. The lowest BCUT2D eigenvalue weighted by Gasteiger charge is -2.28. The van der Waals surface area contributed by atoms with Gasteiger partial charge in [-0.25, -0.2) is 0 Å². The van der Waals surface area contributed by atoms with Gasteiger partial charge in [0.15, 0.2) is 0 Å². The van der Waals surface area contributed by atoms with Crippen LogP contribution in [-0.2, 0) is 30.5 Å². The maximum atomic E-state index is 11.2. The van der Waals surface area contributed by atoms with E-state index in [-0.39, 0.29) is 22.3 Å². The van der Waals surface area contributed by atoms with Gasteiger partial charge in [0.05, 0.1) is 19.9 Å². The van der Waals surface area contributed by atoms with Gasteiger partial charge in [-0.2, -0.15) is 0 Å². The average Bonchev–Trinajstić information content (AvgIpc) is 2.80. The van der Waals surface area contributed by atoms with Crippen molar-refractivity contribution >= 4 is 0 Å². The van der Waals surface area contributed by atoms with Gasteiger partial charge in [-0.15, -0.1) is 0 Å². The molecule has 3 aromatic rings. The fourth-order valence-corrected chi connectivity index (χ4v) is 4.32. The fourth-order valence-electron chi connectivity index (χ4n) is 4.32. The molecule has 0 saturated heterocycles. The van der Waals surface area contributed by atoms with Gasteiger partial charge >= 0.3 is 0 Å². The minimum Gasteiger partial charge on any atom is -0.507 e. The summed E-state index contributed by atoms with van der Waals surface area (Å²) in [5.74, 6) is 1.92. The van der Waals surface area contributed by atoms with Crippen LogP contribution in [0.4, 0.5) is 0 Å². The molecule has 0 fully saturated rings. The summed E-state index contributed by atoms with van der Waals surface area (Å²) < 4.78 is 11.1. The van der Waals surface area contributed by atoms with Gasteiger partial charge in [-0.1, -0.05) is 47.6 Å². The maximum absolute atomic E-state index is 11.2. The van der Waals surface area contributed by atoms with Crippen molar-refractivity contribution in [3.05, 3.63) is 76.6 Å². The van der Waals surface area contributed by atoms with Gasteiger partial charge in [0.25, 0.3) is 0 Å². The molecule has 0 atom stereocenters. The van der Waals surface area contributed by atoms with Gasteiger partial charge in [0, 0.05) is 48.1 Å². The molecule has 0 radical (unpaired) electrons. The number of hydrogen-bond donors (Lipinski definition) is 2. The van der Waals surface area contributed by atoms with Crippen molar-refractivity contribution in [2.45, 2.75) is 72.0 Å². The lowest BCUT2D eigenvalue weighted by Crippen LogP contribution is -2.24. The van der Waals surface area contributed by atoms with E-state index in [0.717, 1.165) is 27.9 Å². The summed E-state index contributed by atoms with van der Waals surface area (Å²) in [5.41, 5.74) is 3.55. The summed E-state index contributed by atoms with van der Waals surface area (Å²) >= 11 is 0. The van der Waals surface area contributed by atoms with E-state index in [9.17, 15) is 10.2 Å². The van der Waals surface area contributed by atoms with Gasteiger partial charge in [-0.05, 0) is 47.2 Å². The second-order valence-corrected chi connectivity index (χ2v) is 11.3. The highest BCUT2D eigenvalue weighted by Gasteiger charge is 2.25. The van der Waals surface area contributed by atoms with E-state index in [4.69, 9.17) is 9.47 Å². The van der Waals surface area contributed by atoms with Crippen LogP contribution in [0.25, 0.3) is 0 Å². The number of rotatable bonds is 8. The van der Waals surface area contributed by atoms with E-state index in [1.165, 1.54) is 0 Å². The third-order valence-electron chi connectivity index (χ3n) is 6.31. The Labute approximate surface area is 215 Å². The summed E-state index contributed by atoms with van der Waals surface area (Å²) in [6.45, 7) is 13.8. The third-order valence-corrected chi connectivity index (χ3v) is 6.31. The van der Waals surface area contributed by atoms with Crippen molar-refractivity contribution in [2.75, 3.05) is 14.2 Å².